The average Bonchev–Trinajstić information content (AvgIpc) is 2.31. The number of carbonyl (C=O) groups excluding carboxylic acids is 1. The summed E-state index contributed by atoms with van der Waals surface area (Å²) in [4.78, 5) is 11.5. The Balaban J connectivity index is 3.13. The van der Waals surface area contributed by atoms with Gasteiger partial charge in [-0.2, -0.15) is 5.26 Å². The second-order valence-electron chi connectivity index (χ2n) is 3.61. The first kappa shape index (κ1) is 13.5. The lowest BCUT2D eigenvalue weighted by Gasteiger charge is -2.11. The second-order valence-corrected chi connectivity index (χ2v) is 3.88. The molecule has 0 heterocycles. The number of nitriles is 1. The van der Waals surface area contributed by atoms with Gasteiger partial charge in [-0.1, -0.05) is 6.07 Å². The third-order valence-corrected chi connectivity index (χ3v) is 2.81. The largest absolute Gasteiger partial charge is 0.466 e. The summed E-state index contributed by atoms with van der Waals surface area (Å²) in [5.74, 6) is -0.0729. The fourth-order valence-electron chi connectivity index (χ4n) is 1.67. The maximum absolute atomic E-state index is 11.5. The first-order valence-corrected chi connectivity index (χ1v) is 5.90. The minimum absolute atomic E-state index is 0.164. The van der Waals surface area contributed by atoms with E-state index in [0.717, 1.165) is 16.7 Å². The topological polar surface area (TPSA) is 50.1 Å². The zero-order chi connectivity index (χ0) is 12.8. The quantitative estimate of drug-likeness (QED) is 0.611. The van der Waals surface area contributed by atoms with Gasteiger partial charge in [-0.05, 0) is 36.6 Å². The molecule has 0 N–H and O–H groups in total. The molecule has 3 nitrogen and oxygen atoms in total. The number of carbonyl (C=O) groups is 1. The zero-order valence-electron chi connectivity index (χ0n) is 9.92. The average molecular weight is 252 g/mol. The van der Waals surface area contributed by atoms with Crippen LogP contribution in [0.25, 0.3) is 0 Å². The number of halogens is 1. The first-order valence-electron chi connectivity index (χ1n) is 5.37. The van der Waals surface area contributed by atoms with Gasteiger partial charge in [-0.3, -0.25) is 4.79 Å². The molecule has 90 valence electrons. The van der Waals surface area contributed by atoms with Crippen LogP contribution in [0.5, 0.6) is 0 Å². The van der Waals surface area contributed by atoms with E-state index < -0.39 is 0 Å². The summed E-state index contributed by atoms with van der Waals surface area (Å²) in [6, 6.07) is 5.63. The predicted molar refractivity (Wildman–Crippen MR) is 65.8 cm³/mol. The number of alkyl halides is 1. The van der Waals surface area contributed by atoms with Crippen LogP contribution in [0.15, 0.2) is 12.1 Å². The SMILES string of the molecule is CCOC(=O)Cc1c(C)ccc(C#N)c1CCl. The zero-order valence-corrected chi connectivity index (χ0v) is 10.7. The van der Waals surface area contributed by atoms with Crippen molar-refractivity contribution in [1.29, 1.82) is 5.26 Å². The maximum Gasteiger partial charge on any atom is 0.310 e. The van der Waals surface area contributed by atoms with Crippen LogP contribution in [0.2, 0.25) is 0 Å². The molecule has 0 aliphatic rings. The fraction of sp³-hybridized carbons (Fsp3) is 0.385. The first-order chi connectivity index (χ1) is 8.13. The number of ether oxygens (including phenoxy) is 1. The fourth-order valence-corrected chi connectivity index (χ4v) is 1.98. The van der Waals surface area contributed by atoms with Crippen molar-refractivity contribution < 1.29 is 9.53 Å². The van der Waals surface area contributed by atoms with Crippen LogP contribution in [0.1, 0.15) is 29.2 Å². The normalized spacial score (nSPS) is 9.76. The van der Waals surface area contributed by atoms with Crippen molar-refractivity contribution in [2.45, 2.75) is 26.1 Å². The molecular weight excluding hydrogens is 238 g/mol. The van der Waals surface area contributed by atoms with Crippen molar-refractivity contribution in [1.82, 2.24) is 0 Å². The van der Waals surface area contributed by atoms with E-state index >= 15 is 0 Å². The minimum Gasteiger partial charge on any atom is -0.466 e. The molecule has 0 amide bonds. The van der Waals surface area contributed by atoms with E-state index in [1.807, 2.05) is 13.0 Å². The molecule has 0 radical (unpaired) electrons. The van der Waals surface area contributed by atoms with Gasteiger partial charge in [0.1, 0.15) is 0 Å². The summed E-state index contributed by atoms with van der Waals surface area (Å²) in [6.07, 6.45) is 0.164. The molecule has 0 fully saturated rings. The van der Waals surface area contributed by atoms with Crippen LogP contribution in [0, 0.1) is 18.3 Å². The Morgan fingerprint density at radius 2 is 2.18 bits per heavy atom. The van der Waals surface area contributed by atoms with Crippen LogP contribution >= 0.6 is 11.6 Å². The minimum atomic E-state index is -0.294. The highest BCUT2D eigenvalue weighted by molar-refractivity contribution is 6.17. The third kappa shape index (κ3) is 3.21. The Labute approximate surface area is 106 Å². The summed E-state index contributed by atoms with van der Waals surface area (Å²) in [6.45, 7) is 4.01. The Kier molecular flexibility index (Phi) is 4.99. The van der Waals surface area contributed by atoms with Gasteiger partial charge in [-0.25, -0.2) is 0 Å². The number of benzene rings is 1. The highest BCUT2D eigenvalue weighted by atomic mass is 35.5. The van der Waals surface area contributed by atoms with E-state index in [9.17, 15) is 4.79 Å². The van der Waals surface area contributed by atoms with Crippen molar-refractivity contribution in [2.24, 2.45) is 0 Å². The van der Waals surface area contributed by atoms with Gasteiger partial charge in [0.2, 0.25) is 0 Å². The molecule has 0 atom stereocenters. The Bertz CT molecular complexity index is 463. The molecule has 0 saturated carbocycles. The van der Waals surface area contributed by atoms with E-state index in [4.69, 9.17) is 21.6 Å². The van der Waals surface area contributed by atoms with E-state index in [1.54, 1.807) is 13.0 Å². The number of esters is 1. The van der Waals surface area contributed by atoms with Gasteiger partial charge in [0.05, 0.1) is 24.7 Å². The van der Waals surface area contributed by atoms with E-state index in [0.29, 0.717) is 12.2 Å². The molecule has 0 spiro atoms. The van der Waals surface area contributed by atoms with Crippen molar-refractivity contribution >= 4 is 17.6 Å². The third-order valence-electron chi connectivity index (χ3n) is 2.55. The van der Waals surface area contributed by atoms with Crippen LogP contribution in [0.4, 0.5) is 0 Å². The highest BCUT2D eigenvalue weighted by Crippen LogP contribution is 2.21. The predicted octanol–water partition coefficient (Wildman–Crippen LogP) is 2.71. The van der Waals surface area contributed by atoms with Gasteiger partial charge in [0, 0.05) is 5.88 Å². The smallest absolute Gasteiger partial charge is 0.310 e. The van der Waals surface area contributed by atoms with Crippen LogP contribution in [0.3, 0.4) is 0 Å². The lowest BCUT2D eigenvalue weighted by atomic mass is 9.96. The van der Waals surface area contributed by atoms with Crippen LogP contribution in [-0.4, -0.2) is 12.6 Å². The monoisotopic (exact) mass is 251 g/mol. The van der Waals surface area contributed by atoms with Gasteiger partial charge < -0.3 is 4.74 Å². The molecule has 0 aromatic heterocycles. The van der Waals surface area contributed by atoms with Crippen LogP contribution < -0.4 is 0 Å². The van der Waals surface area contributed by atoms with E-state index in [-0.39, 0.29) is 18.3 Å². The molecular formula is C13H14ClNO2. The maximum atomic E-state index is 11.5. The summed E-state index contributed by atoms with van der Waals surface area (Å²) in [5.41, 5.74) is 3.00. The second kappa shape index (κ2) is 6.27. The molecule has 4 heteroatoms. The van der Waals surface area contributed by atoms with Gasteiger partial charge in [-0.15, -0.1) is 11.6 Å². The summed E-state index contributed by atoms with van der Waals surface area (Å²) in [7, 11) is 0. The highest BCUT2D eigenvalue weighted by Gasteiger charge is 2.14. The number of rotatable bonds is 4. The molecule has 1 aromatic carbocycles. The standard InChI is InChI=1S/C13H14ClNO2/c1-3-17-13(16)6-11-9(2)4-5-10(8-15)12(11)7-14/h4-5H,3,6-7H2,1-2H3. The van der Waals surface area contributed by atoms with Crippen molar-refractivity contribution in [2.75, 3.05) is 6.61 Å². The Morgan fingerprint density at radius 3 is 2.71 bits per heavy atom. The summed E-state index contributed by atoms with van der Waals surface area (Å²) in [5, 5.41) is 8.98. The number of hydrogen-bond donors (Lipinski definition) is 0. The van der Waals surface area contributed by atoms with Crippen molar-refractivity contribution in [3.05, 3.63) is 34.4 Å². The van der Waals surface area contributed by atoms with Gasteiger partial charge in [0.15, 0.2) is 0 Å². The summed E-state index contributed by atoms with van der Waals surface area (Å²) < 4.78 is 4.91. The number of hydrogen-bond acceptors (Lipinski definition) is 3. The molecule has 1 rings (SSSR count). The number of nitrogens with zero attached hydrogens (tertiary/aromatic N) is 1. The Hall–Kier alpha value is -1.53. The van der Waals surface area contributed by atoms with Gasteiger partial charge in [0.25, 0.3) is 0 Å². The molecule has 0 aliphatic heterocycles. The van der Waals surface area contributed by atoms with Crippen molar-refractivity contribution in [3.8, 4) is 6.07 Å². The summed E-state index contributed by atoms with van der Waals surface area (Å²) >= 11 is 5.85. The molecule has 0 saturated heterocycles. The molecule has 17 heavy (non-hydrogen) atoms. The Morgan fingerprint density at radius 1 is 1.47 bits per heavy atom. The molecule has 0 unspecified atom stereocenters. The molecule has 1 aromatic rings. The van der Waals surface area contributed by atoms with Gasteiger partial charge >= 0.3 is 5.97 Å². The molecule has 0 aliphatic carbocycles. The van der Waals surface area contributed by atoms with E-state index in [1.165, 1.54) is 0 Å². The lowest BCUT2D eigenvalue weighted by Crippen LogP contribution is -2.11. The van der Waals surface area contributed by atoms with E-state index in [2.05, 4.69) is 6.07 Å². The van der Waals surface area contributed by atoms with Crippen molar-refractivity contribution in [3.63, 3.8) is 0 Å². The number of aryl methyl sites for hydroxylation is 1. The lowest BCUT2D eigenvalue weighted by molar-refractivity contribution is -0.142. The molecule has 0 bridgehead atoms. The van der Waals surface area contributed by atoms with Crippen LogP contribution in [-0.2, 0) is 21.8 Å².